The number of nitrogens with one attached hydrogen (secondary N) is 2. The lowest BCUT2D eigenvalue weighted by Crippen LogP contribution is -2.36. The van der Waals surface area contributed by atoms with Crippen LogP contribution in [-0.2, 0) is 24.4 Å². The first-order chi connectivity index (χ1) is 25.3. The number of carbonyl (C=O) groups excluding carboxylic acids is 1. The van der Waals surface area contributed by atoms with Crippen LogP contribution in [-0.4, -0.2) is 60.5 Å². The molecular weight excluding hydrogens is 679 g/mol. The van der Waals surface area contributed by atoms with Crippen molar-refractivity contribution in [2.24, 2.45) is 0 Å². The summed E-state index contributed by atoms with van der Waals surface area (Å²) in [4.78, 5) is 13.9. The zero-order valence-corrected chi connectivity index (χ0v) is 30.4. The van der Waals surface area contributed by atoms with Crippen LogP contribution in [0, 0.1) is 17.1 Å². The van der Waals surface area contributed by atoms with E-state index < -0.39 is 5.82 Å². The summed E-state index contributed by atoms with van der Waals surface area (Å²) < 4.78 is 29.0. The first-order valence-electron chi connectivity index (χ1n) is 17.7. The number of nitriles is 1. The first-order valence-corrected chi connectivity index (χ1v) is 18.1. The van der Waals surface area contributed by atoms with Gasteiger partial charge in [-0.05, 0) is 73.3 Å². The smallest absolute Gasteiger partial charge is 0.220 e. The Morgan fingerprint density at radius 2 is 1.81 bits per heavy atom. The molecule has 0 bridgehead atoms. The molecule has 5 aromatic rings. The van der Waals surface area contributed by atoms with Crippen LogP contribution in [0.5, 0.6) is 11.5 Å². The van der Waals surface area contributed by atoms with Crippen LogP contribution in [0.4, 0.5) is 4.39 Å². The second kappa shape index (κ2) is 15.3. The Kier molecular flexibility index (Phi) is 10.5. The van der Waals surface area contributed by atoms with Crippen molar-refractivity contribution in [3.63, 3.8) is 0 Å². The fourth-order valence-electron chi connectivity index (χ4n) is 7.35. The van der Waals surface area contributed by atoms with Crippen molar-refractivity contribution >= 4 is 28.4 Å². The number of halogens is 2. The van der Waals surface area contributed by atoms with E-state index in [1.165, 1.54) is 32.4 Å². The Hall–Kier alpha value is -4.95. The maximum Gasteiger partial charge on any atom is 0.220 e. The third-order valence-electron chi connectivity index (χ3n) is 10.5. The van der Waals surface area contributed by atoms with Crippen molar-refractivity contribution < 1.29 is 18.7 Å². The molecule has 1 unspecified atom stereocenters. The molecule has 1 aliphatic carbocycles. The highest BCUT2D eigenvalue weighted by Crippen LogP contribution is 2.41. The summed E-state index contributed by atoms with van der Waals surface area (Å²) in [5, 5.41) is 22.4. The molecule has 0 spiro atoms. The van der Waals surface area contributed by atoms with Crippen LogP contribution in [0.15, 0.2) is 66.9 Å². The van der Waals surface area contributed by atoms with E-state index in [1.807, 2.05) is 59.4 Å². The molecule has 268 valence electrons. The van der Waals surface area contributed by atoms with Gasteiger partial charge in [0.25, 0.3) is 0 Å². The highest BCUT2D eigenvalue weighted by Gasteiger charge is 2.24. The van der Waals surface area contributed by atoms with E-state index in [2.05, 4.69) is 28.7 Å². The second-order valence-corrected chi connectivity index (χ2v) is 14.1. The van der Waals surface area contributed by atoms with Crippen molar-refractivity contribution in [3.05, 3.63) is 100.0 Å². The number of ether oxygens (including phenoxy) is 2. The molecule has 4 aromatic carbocycles. The van der Waals surface area contributed by atoms with Gasteiger partial charge in [0.2, 0.25) is 5.91 Å². The van der Waals surface area contributed by atoms with Crippen LogP contribution in [0.2, 0.25) is 5.02 Å². The van der Waals surface area contributed by atoms with Gasteiger partial charge in [-0.1, -0.05) is 48.4 Å². The van der Waals surface area contributed by atoms with E-state index in [0.29, 0.717) is 58.6 Å². The van der Waals surface area contributed by atoms with Crippen molar-refractivity contribution in [3.8, 4) is 39.8 Å². The summed E-state index contributed by atoms with van der Waals surface area (Å²) in [6.45, 7) is 1.91. The Labute approximate surface area is 308 Å². The molecule has 1 aromatic heterocycles. The van der Waals surface area contributed by atoms with Crippen molar-refractivity contribution in [2.75, 3.05) is 27.8 Å². The molecule has 11 heteroatoms. The lowest BCUT2D eigenvalue weighted by molar-refractivity contribution is -0.119. The van der Waals surface area contributed by atoms with Gasteiger partial charge in [0, 0.05) is 65.8 Å². The van der Waals surface area contributed by atoms with Gasteiger partial charge < -0.3 is 20.1 Å². The maximum absolute atomic E-state index is 15.6. The van der Waals surface area contributed by atoms with Crippen LogP contribution >= 0.6 is 11.6 Å². The molecule has 0 radical (unpaired) electrons. The largest absolute Gasteiger partial charge is 0.496 e. The van der Waals surface area contributed by atoms with E-state index in [4.69, 9.17) is 26.2 Å². The number of benzene rings is 4. The van der Waals surface area contributed by atoms with Gasteiger partial charge in [0.1, 0.15) is 17.3 Å². The molecule has 1 saturated carbocycles. The monoisotopic (exact) mass is 720 g/mol. The van der Waals surface area contributed by atoms with Gasteiger partial charge in [-0.25, -0.2) is 4.39 Å². The topological polar surface area (TPSA) is 104 Å². The number of rotatable bonds is 13. The van der Waals surface area contributed by atoms with E-state index in [-0.39, 0.29) is 18.5 Å². The zero-order valence-electron chi connectivity index (χ0n) is 29.6. The van der Waals surface area contributed by atoms with Crippen molar-refractivity contribution in [1.82, 2.24) is 25.3 Å². The lowest BCUT2D eigenvalue weighted by atomic mass is 9.91. The van der Waals surface area contributed by atoms with Crippen molar-refractivity contribution in [2.45, 2.75) is 63.8 Å². The fourth-order valence-corrected chi connectivity index (χ4v) is 7.69. The zero-order chi connectivity index (χ0) is 36.4. The summed E-state index contributed by atoms with van der Waals surface area (Å²) in [5.41, 5.74) is 6.65. The molecule has 1 atom stereocenters. The highest BCUT2D eigenvalue weighted by molar-refractivity contribution is 6.36. The molecule has 1 amide bonds. The van der Waals surface area contributed by atoms with Gasteiger partial charge in [-0.15, -0.1) is 0 Å². The molecule has 52 heavy (non-hydrogen) atoms. The minimum Gasteiger partial charge on any atom is -0.496 e. The number of aromatic nitrogens is 2. The third kappa shape index (κ3) is 7.09. The Morgan fingerprint density at radius 3 is 2.52 bits per heavy atom. The maximum atomic E-state index is 15.6. The minimum absolute atomic E-state index is 0.0394. The molecule has 2 N–H and O–H groups in total. The molecule has 1 saturated heterocycles. The van der Waals surface area contributed by atoms with E-state index in [0.717, 1.165) is 51.9 Å². The van der Waals surface area contributed by atoms with E-state index in [9.17, 15) is 10.1 Å². The van der Waals surface area contributed by atoms with Crippen LogP contribution in [0.25, 0.3) is 33.2 Å². The third-order valence-corrected chi connectivity index (χ3v) is 10.9. The molecule has 9 nitrogen and oxygen atoms in total. The standard InChI is InChI=1S/C41H42ClFN6O3/c1-48(30-7-4-8-30)23-28-15-26(19-44)27(18-38(28)51-2)24-49-37-12-6-10-32(34(37)22-46-49)33-11-5-9-31(41(33)42)25-16-36(43)35(39(17-25)52-3)21-45-20-29-13-14-40(50)47-29/h5-6,9-12,15-18,22,29-30,45H,4,7-8,13-14,20-21,23-24H2,1-3H3,(H,47,50). The summed E-state index contributed by atoms with van der Waals surface area (Å²) >= 11 is 7.14. The quantitative estimate of drug-likeness (QED) is 0.130. The number of carbonyl (C=O) groups is 1. The SMILES string of the molecule is COc1cc(Cn2ncc3c(-c4cccc(-c5cc(F)c(CNCC6CCC(=O)N6)c(OC)c5)c4Cl)cccc32)c(C#N)cc1CN(C)C1CCC1. The normalized spacial score (nSPS) is 15.9. The number of fused-ring (bicyclic) bond motifs is 1. The Balaban J connectivity index is 1.16. The summed E-state index contributed by atoms with van der Waals surface area (Å²) in [6.07, 6.45) is 6.77. The average Bonchev–Trinajstić information content (AvgIpc) is 3.73. The van der Waals surface area contributed by atoms with Gasteiger partial charge in [0.05, 0.1) is 49.1 Å². The molecule has 2 heterocycles. The fraction of sp³-hybridized carbons (Fsp3) is 0.341. The van der Waals surface area contributed by atoms with Gasteiger partial charge in [-0.3, -0.25) is 14.4 Å². The average molecular weight is 721 g/mol. The number of nitrogens with zero attached hydrogens (tertiary/aromatic N) is 4. The van der Waals surface area contributed by atoms with Crippen molar-refractivity contribution in [1.29, 1.82) is 5.26 Å². The summed E-state index contributed by atoms with van der Waals surface area (Å²) in [7, 11) is 5.32. The molecule has 7 rings (SSSR count). The van der Waals surface area contributed by atoms with Crippen LogP contribution in [0.1, 0.15) is 54.4 Å². The molecular formula is C41H42ClFN6O3. The Morgan fingerprint density at radius 1 is 1.04 bits per heavy atom. The molecule has 2 aliphatic rings. The summed E-state index contributed by atoms with van der Waals surface area (Å²) in [5.74, 6) is 0.809. The second-order valence-electron chi connectivity index (χ2n) is 13.7. The lowest BCUT2D eigenvalue weighted by Gasteiger charge is -2.35. The Bertz CT molecular complexity index is 2170. The number of amides is 1. The van der Waals surface area contributed by atoms with Crippen LogP contribution < -0.4 is 20.1 Å². The van der Waals surface area contributed by atoms with Gasteiger partial charge in [0.15, 0.2) is 0 Å². The number of methoxy groups -OCH3 is 2. The predicted octanol–water partition coefficient (Wildman–Crippen LogP) is 7.45. The molecule has 1 aliphatic heterocycles. The first kappa shape index (κ1) is 35.5. The minimum atomic E-state index is -0.408. The number of hydrogen-bond acceptors (Lipinski definition) is 7. The van der Waals surface area contributed by atoms with Gasteiger partial charge in [-0.2, -0.15) is 10.4 Å². The van der Waals surface area contributed by atoms with Crippen LogP contribution in [0.3, 0.4) is 0 Å². The number of hydrogen-bond donors (Lipinski definition) is 2. The molecule has 2 fully saturated rings. The van der Waals surface area contributed by atoms with E-state index >= 15 is 4.39 Å². The predicted molar refractivity (Wildman–Crippen MR) is 201 cm³/mol. The summed E-state index contributed by atoms with van der Waals surface area (Å²) in [6, 6.07) is 21.9. The van der Waals surface area contributed by atoms with Gasteiger partial charge >= 0.3 is 0 Å². The highest BCUT2D eigenvalue weighted by atomic mass is 35.5. The van der Waals surface area contributed by atoms with E-state index in [1.54, 1.807) is 13.2 Å².